The maximum atomic E-state index is 11.1. The van der Waals surface area contributed by atoms with Crippen molar-refractivity contribution in [2.75, 3.05) is 23.7 Å². The number of nitrogens with two attached hydrogens (primary N) is 2. The van der Waals surface area contributed by atoms with Gasteiger partial charge in [0.05, 0.1) is 6.54 Å². The predicted molar refractivity (Wildman–Crippen MR) is 85.8 cm³/mol. The highest BCUT2D eigenvalue weighted by Crippen LogP contribution is 2.30. The Morgan fingerprint density at radius 2 is 2.05 bits per heavy atom. The summed E-state index contributed by atoms with van der Waals surface area (Å²) in [7, 11) is 0. The average Bonchev–Trinajstić information content (AvgIpc) is 2.35. The smallest absolute Gasteiger partial charge is 0.236 e. The first-order valence-electron chi connectivity index (χ1n) is 6.10. The number of amides is 1. The first-order valence-corrected chi connectivity index (χ1v) is 7.49. The molecule has 0 fully saturated rings. The first-order chi connectivity index (χ1) is 9.01. The summed E-state index contributed by atoms with van der Waals surface area (Å²) in [4.78, 5) is 14.4. The number of nitrogens with zero attached hydrogens (tertiary/aromatic N) is 1. The quantitative estimate of drug-likeness (QED) is 0.592. The summed E-state index contributed by atoms with van der Waals surface area (Å²) in [5.74, 6) is 0.561. The SMILES string of the molecule is CCSc1cccc(N(CC)CC(N)=O)c1C(N)=S. The van der Waals surface area contributed by atoms with E-state index in [4.69, 9.17) is 23.7 Å². The standard InChI is InChI=1S/C13H19N3OS2/c1-3-16(8-11(14)17)9-6-5-7-10(19-4-2)12(9)13(15)18/h5-7H,3-4,8H2,1-2H3,(H2,14,17)(H2,15,18). The normalized spacial score (nSPS) is 10.2. The Labute approximate surface area is 123 Å². The Morgan fingerprint density at radius 1 is 1.37 bits per heavy atom. The van der Waals surface area contributed by atoms with Crippen LogP contribution in [0.25, 0.3) is 0 Å². The third kappa shape index (κ3) is 4.11. The van der Waals surface area contributed by atoms with Crippen molar-refractivity contribution in [2.45, 2.75) is 18.7 Å². The molecular formula is C13H19N3OS2. The van der Waals surface area contributed by atoms with Gasteiger partial charge in [-0.05, 0) is 24.8 Å². The van der Waals surface area contributed by atoms with Crippen molar-refractivity contribution in [3.63, 3.8) is 0 Å². The predicted octanol–water partition coefficient (Wildman–Crippen LogP) is 1.74. The van der Waals surface area contributed by atoms with Crippen molar-refractivity contribution >= 4 is 40.6 Å². The van der Waals surface area contributed by atoms with Gasteiger partial charge in [0.1, 0.15) is 4.99 Å². The second-order valence-electron chi connectivity index (χ2n) is 3.93. The molecule has 0 atom stereocenters. The molecule has 4 N–H and O–H groups in total. The van der Waals surface area contributed by atoms with Crippen molar-refractivity contribution in [3.05, 3.63) is 23.8 Å². The highest BCUT2D eigenvalue weighted by Gasteiger charge is 2.16. The molecule has 0 aliphatic carbocycles. The number of hydrogen-bond acceptors (Lipinski definition) is 4. The lowest BCUT2D eigenvalue weighted by atomic mass is 10.1. The van der Waals surface area contributed by atoms with Crippen LogP contribution in [0.1, 0.15) is 19.4 Å². The van der Waals surface area contributed by atoms with Crippen molar-refractivity contribution in [1.82, 2.24) is 0 Å². The molecule has 0 aliphatic heterocycles. The Kier molecular flexibility index (Phi) is 6.11. The number of rotatable bonds is 7. The van der Waals surface area contributed by atoms with Gasteiger partial charge in [0.15, 0.2) is 0 Å². The summed E-state index contributed by atoms with van der Waals surface area (Å²) >= 11 is 6.83. The van der Waals surface area contributed by atoms with Crippen molar-refractivity contribution < 1.29 is 4.79 Å². The molecule has 0 radical (unpaired) electrons. The van der Waals surface area contributed by atoms with Crippen molar-refractivity contribution in [1.29, 1.82) is 0 Å². The van der Waals surface area contributed by atoms with Crippen LogP contribution in [-0.2, 0) is 4.79 Å². The molecule has 0 saturated carbocycles. The van der Waals surface area contributed by atoms with E-state index in [1.54, 1.807) is 11.8 Å². The van der Waals surface area contributed by atoms with Crippen LogP contribution in [-0.4, -0.2) is 29.7 Å². The number of thioether (sulfide) groups is 1. The molecule has 104 valence electrons. The van der Waals surface area contributed by atoms with Gasteiger partial charge in [-0.1, -0.05) is 25.2 Å². The van der Waals surface area contributed by atoms with Gasteiger partial charge < -0.3 is 16.4 Å². The van der Waals surface area contributed by atoms with Gasteiger partial charge in [-0.15, -0.1) is 11.8 Å². The van der Waals surface area contributed by atoms with Gasteiger partial charge in [-0.3, -0.25) is 4.79 Å². The molecule has 1 aromatic rings. The molecule has 0 saturated heterocycles. The van der Waals surface area contributed by atoms with Crippen LogP contribution in [0.3, 0.4) is 0 Å². The van der Waals surface area contributed by atoms with Gasteiger partial charge in [0.2, 0.25) is 5.91 Å². The number of primary amides is 1. The zero-order chi connectivity index (χ0) is 14.4. The third-order valence-corrected chi connectivity index (χ3v) is 3.76. The summed E-state index contributed by atoms with van der Waals surface area (Å²) in [6.45, 7) is 4.86. The first kappa shape index (κ1) is 15.8. The monoisotopic (exact) mass is 297 g/mol. The van der Waals surface area contributed by atoms with Gasteiger partial charge in [-0.2, -0.15) is 0 Å². The second kappa shape index (κ2) is 7.35. The fourth-order valence-electron chi connectivity index (χ4n) is 1.86. The van der Waals surface area contributed by atoms with Crippen LogP contribution in [0.5, 0.6) is 0 Å². The van der Waals surface area contributed by atoms with E-state index in [0.29, 0.717) is 11.5 Å². The molecule has 0 aromatic heterocycles. The lowest BCUT2D eigenvalue weighted by Gasteiger charge is -2.25. The Morgan fingerprint density at radius 3 is 2.53 bits per heavy atom. The van der Waals surface area contributed by atoms with Crippen LogP contribution >= 0.6 is 24.0 Å². The Hall–Kier alpha value is -1.27. The molecule has 0 heterocycles. The van der Waals surface area contributed by atoms with Crippen LogP contribution in [0.2, 0.25) is 0 Å². The highest BCUT2D eigenvalue weighted by molar-refractivity contribution is 7.99. The fraction of sp³-hybridized carbons (Fsp3) is 0.385. The maximum Gasteiger partial charge on any atom is 0.236 e. The molecular weight excluding hydrogens is 278 g/mol. The van der Waals surface area contributed by atoms with E-state index in [0.717, 1.165) is 21.9 Å². The number of anilines is 1. The van der Waals surface area contributed by atoms with Gasteiger partial charge in [0, 0.05) is 22.7 Å². The van der Waals surface area contributed by atoms with E-state index in [2.05, 4.69) is 6.92 Å². The van der Waals surface area contributed by atoms with E-state index >= 15 is 0 Å². The number of thiocarbonyl (C=S) groups is 1. The average molecular weight is 297 g/mol. The largest absolute Gasteiger partial charge is 0.389 e. The minimum Gasteiger partial charge on any atom is -0.389 e. The van der Waals surface area contributed by atoms with E-state index < -0.39 is 0 Å². The Bertz CT molecular complexity index is 477. The zero-order valence-corrected chi connectivity index (χ0v) is 12.8. The molecule has 1 aromatic carbocycles. The van der Waals surface area contributed by atoms with Gasteiger partial charge in [0.25, 0.3) is 0 Å². The Balaban J connectivity index is 3.28. The van der Waals surface area contributed by atoms with Crippen LogP contribution in [0.15, 0.2) is 23.1 Å². The summed E-state index contributed by atoms with van der Waals surface area (Å²) in [5, 5.41) is 0. The fourth-order valence-corrected chi connectivity index (χ4v) is 2.99. The molecule has 1 amide bonds. The molecule has 0 spiro atoms. The minimum absolute atomic E-state index is 0.159. The summed E-state index contributed by atoms with van der Waals surface area (Å²) in [6, 6.07) is 5.85. The number of likely N-dealkylation sites (N-methyl/N-ethyl adjacent to an activating group) is 1. The van der Waals surface area contributed by atoms with E-state index in [-0.39, 0.29) is 12.5 Å². The van der Waals surface area contributed by atoms with Crippen LogP contribution < -0.4 is 16.4 Å². The minimum atomic E-state index is -0.371. The number of benzene rings is 1. The number of carbonyl (C=O) groups is 1. The van der Waals surface area contributed by atoms with E-state index in [9.17, 15) is 4.79 Å². The summed E-state index contributed by atoms with van der Waals surface area (Å²) < 4.78 is 0. The highest BCUT2D eigenvalue weighted by atomic mass is 32.2. The van der Waals surface area contributed by atoms with Gasteiger partial charge in [-0.25, -0.2) is 0 Å². The van der Waals surface area contributed by atoms with Gasteiger partial charge >= 0.3 is 0 Å². The van der Waals surface area contributed by atoms with E-state index in [1.807, 2.05) is 30.0 Å². The zero-order valence-electron chi connectivity index (χ0n) is 11.2. The third-order valence-electron chi connectivity index (χ3n) is 2.62. The van der Waals surface area contributed by atoms with Crippen molar-refractivity contribution in [2.24, 2.45) is 11.5 Å². The molecule has 4 nitrogen and oxygen atoms in total. The lowest BCUT2D eigenvalue weighted by Crippen LogP contribution is -2.35. The molecule has 19 heavy (non-hydrogen) atoms. The van der Waals surface area contributed by atoms with E-state index in [1.165, 1.54) is 0 Å². The van der Waals surface area contributed by atoms with Crippen LogP contribution in [0, 0.1) is 0 Å². The molecule has 0 bridgehead atoms. The van der Waals surface area contributed by atoms with Crippen LogP contribution in [0.4, 0.5) is 5.69 Å². The second-order valence-corrected chi connectivity index (χ2v) is 5.67. The maximum absolute atomic E-state index is 11.1. The lowest BCUT2D eigenvalue weighted by molar-refractivity contribution is -0.116. The topological polar surface area (TPSA) is 72.3 Å². The number of hydrogen-bond donors (Lipinski definition) is 2. The molecule has 1 rings (SSSR count). The summed E-state index contributed by atoms with van der Waals surface area (Å²) in [6.07, 6.45) is 0. The van der Waals surface area contributed by atoms with Crippen molar-refractivity contribution in [3.8, 4) is 0 Å². The summed E-state index contributed by atoms with van der Waals surface area (Å²) in [5.41, 5.74) is 12.8. The molecule has 6 heteroatoms. The number of carbonyl (C=O) groups excluding carboxylic acids is 1. The molecule has 0 aliphatic rings. The molecule has 0 unspecified atom stereocenters.